The smallest absolute Gasteiger partial charge is 0.143 e. The largest absolute Gasteiger partial charge is 0.398 e. The van der Waals surface area contributed by atoms with Crippen molar-refractivity contribution in [2.24, 2.45) is 0 Å². The van der Waals surface area contributed by atoms with Crippen LogP contribution in [0.25, 0.3) is 0 Å². The molecule has 2 nitrogen and oxygen atoms in total. The van der Waals surface area contributed by atoms with E-state index in [1.165, 1.54) is 0 Å². The number of hydrogen-bond acceptors (Lipinski definition) is 2. The van der Waals surface area contributed by atoms with Crippen molar-refractivity contribution in [1.29, 1.82) is 0 Å². The summed E-state index contributed by atoms with van der Waals surface area (Å²) >= 11 is 0. The maximum Gasteiger partial charge on any atom is 0.143 e. The van der Waals surface area contributed by atoms with Gasteiger partial charge in [0.25, 0.3) is 0 Å². The molecular weight excluding hydrogens is 176 g/mol. The van der Waals surface area contributed by atoms with Crippen molar-refractivity contribution in [3.63, 3.8) is 0 Å². The molecule has 0 unspecified atom stereocenters. The summed E-state index contributed by atoms with van der Waals surface area (Å²) in [5.74, 6) is 2.95. The summed E-state index contributed by atoms with van der Waals surface area (Å²) in [5.41, 5.74) is 5.14. The fraction of sp³-hybridized carbons (Fsp3) is 0.111. The molecule has 0 heterocycles. The molecule has 0 aromatic heterocycles. The maximum absolute atomic E-state index is 12.9. The van der Waals surface area contributed by atoms with Crippen LogP contribution in [-0.2, 0) is 0 Å². The summed E-state index contributed by atoms with van der Waals surface area (Å²) in [6.07, 6.45) is 0. The van der Waals surface area contributed by atoms with Gasteiger partial charge < -0.3 is 10.8 Å². The molecule has 0 aliphatic rings. The zero-order valence-electron chi connectivity index (χ0n) is 6.64. The number of nitrogen functional groups attached to an aromatic ring is 1. The Morgan fingerprint density at radius 1 is 1.38 bits per heavy atom. The van der Waals surface area contributed by atoms with E-state index in [0.29, 0.717) is 6.07 Å². The zero-order valence-corrected chi connectivity index (χ0v) is 6.64. The summed E-state index contributed by atoms with van der Waals surface area (Å²) in [7, 11) is 0. The van der Waals surface area contributed by atoms with Gasteiger partial charge in [0, 0.05) is 6.07 Å². The summed E-state index contributed by atoms with van der Waals surface area (Å²) in [6, 6.07) is 1.67. The van der Waals surface area contributed by atoms with E-state index >= 15 is 0 Å². The van der Waals surface area contributed by atoms with Crippen LogP contribution < -0.4 is 5.73 Å². The molecule has 1 aromatic rings. The summed E-state index contributed by atoms with van der Waals surface area (Å²) in [6.45, 7) is -0.393. The zero-order chi connectivity index (χ0) is 9.84. The third kappa shape index (κ3) is 2.17. The number of halogens is 2. The van der Waals surface area contributed by atoms with Crippen LogP contribution >= 0.6 is 0 Å². The number of aliphatic hydroxyl groups excluding tert-OH is 1. The molecule has 0 aliphatic carbocycles. The number of hydrogen-bond donors (Lipinski definition) is 2. The van der Waals surface area contributed by atoms with Crippen molar-refractivity contribution >= 4 is 5.69 Å². The van der Waals surface area contributed by atoms with Crippen LogP contribution in [0.15, 0.2) is 12.1 Å². The molecule has 1 rings (SSSR count). The number of aliphatic hydroxyl groups is 1. The maximum atomic E-state index is 12.9. The Balaban J connectivity index is 3.21. The SMILES string of the molecule is Nc1cc(F)cc(F)c1C#CCO. The fourth-order valence-electron chi connectivity index (χ4n) is 0.853. The van der Waals surface area contributed by atoms with Gasteiger partial charge in [-0.25, -0.2) is 8.78 Å². The highest BCUT2D eigenvalue weighted by molar-refractivity contribution is 5.56. The van der Waals surface area contributed by atoms with Crippen LogP contribution in [0, 0.1) is 23.5 Å². The molecule has 0 radical (unpaired) electrons. The van der Waals surface area contributed by atoms with Crippen LogP contribution in [0.2, 0.25) is 0 Å². The number of benzene rings is 1. The Labute approximate surface area is 74.0 Å². The lowest BCUT2D eigenvalue weighted by atomic mass is 10.1. The van der Waals surface area contributed by atoms with E-state index in [1.54, 1.807) is 0 Å². The first-order valence-electron chi connectivity index (χ1n) is 3.49. The Kier molecular flexibility index (Phi) is 2.83. The van der Waals surface area contributed by atoms with Crippen LogP contribution in [-0.4, -0.2) is 11.7 Å². The van der Waals surface area contributed by atoms with Crippen molar-refractivity contribution in [2.45, 2.75) is 0 Å². The molecule has 0 bridgehead atoms. The van der Waals surface area contributed by atoms with Crippen molar-refractivity contribution < 1.29 is 13.9 Å². The minimum atomic E-state index is -0.821. The van der Waals surface area contributed by atoms with E-state index in [9.17, 15) is 8.78 Å². The molecule has 0 saturated carbocycles. The van der Waals surface area contributed by atoms with Gasteiger partial charge in [0.2, 0.25) is 0 Å². The van der Waals surface area contributed by atoms with Gasteiger partial charge in [-0.2, -0.15) is 0 Å². The topological polar surface area (TPSA) is 46.2 Å². The molecule has 0 atom stereocenters. The van der Waals surface area contributed by atoms with Gasteiger partial charge in [0.15, 0.2) is 0 Å². The second kappa shape index (κ2) is 3.87. The van der Waals surface area contributed by atoms with Gasteiger partial charge in [0.1, 0.15) is 18.2 Å². The van der Waals surface area contributed by atoms with Crippen molar-refractivity contribution in [1.82, 2.24) is 0 Å². The predicted molar refractivity (Wildman–Crippen MR) is 44.7 cm³/mol. The minimum absolute atomic E-state index is 0.0709. The first kappa shape index (κ1) is 9.49. The lowest BCUT2D eigenvalue weighted by molar-refractivity contribution is 0.350. The second-order valence-electron chi connectivity index (χ2n) is 2.31. The first-order chi connectivity index (χ1) is 6.15. The van der Waals surface area contributed by atoms with Gasteiger partial charge in [0.05, 0.1) is 11.3 Å². The van der Waals surface area contributed by atoms with Gasteiger partial charge in [-0.15, -0.1) is 0 Å². The lowest BCUT2D eigenvalue weighted by Crippen LogP contribution is -1.96. The van der Waals surface area contributed by atoms with E-state index in [-0.39, 0.29) is 11.3 Å². The molecule has 13 heavy (non-hydrogen) atoms. The highest BCUT2D eigenvalue weighted by Crippen LogP contribution is 2.16. The van der Waals surface area contributed by atoms with E-state index in [0.717, 1.165) is 6.07 Å². The van der Waals surface area contributed by atoms with Crippen molar-refractivity contribution in [3.05, 3.63) is 29.3 Å². The van der Waals surface area contributed by atoms with Gasteiger partial charge in [-0.05, 0) is 6.07 Å². The quantitative estimate of drug-likeness (QED) is 0.463. The van der Waals surface area contributed by atoms with Gasteiger partial charge >= 0.3 is 0 Å². The molecule has 0 fully saturated rings. The van der Waals surface area contributed by atoms with Crippen molar-refractivity contribution in [2.75, 3.05) is 12.3 Å². The Morgan fingerprint density at radius 3 is 2.62 bits per heavy atom. The van der Waals surface area contributed by atoms with E-state index in [2.05, 4.69) is 11.8 Å². The van der Waals surface area contributed by atoms with E-state index in [4.69, 9.17) is 10.8 Å². The highest BCUT2D eigenvalue weighted by Gasteiger charge is 2.05. The monoisotopic (exact) mass is 183 g/mol. The standard InChI is InChI=1S/C9H7F2NO/c10-6-4-8(11)7(2-1-3-13)9(12)5-6/h4-5,13H,3,12H2. The molecule has 4 heteroatoms. The fourth-order valence-corrected chi connectivity index (χ4v) is 0.853. The molecule has 0 aliphatic heterocycles. The molecule has 68 valence electrons. The van der Waals surface area contributed by atoms with Gasteiger partial charge in [-0.3, -0.25) is 0 Å². The summed E-state index contributed by atoms with van der Waals surface area (Å²) in [4.78, 5) is 0. The van der Waals surface area contributed by atoms with E-state index in [1.807, 2.05) is 0 Å². The third-order valence-corrected chi connectivity index (χ3v) is 1.38. The first-order valence-corrected chi connectivity index (χ1v) is 3.49. The Morgan fingerprint density at radius 2 is 2.08 bits per heavy atom. The molecule has 0 spiro atoms. The number of nitrogens with two attached hydrogens (primary N) is 1. The lowest BCUT2D eigenvalue weighted by Gasteiger charge is -1.99. The molecular formula is C9H7F2NO. The number of anilines is 1. The Bertz CT molecular complexity index is 356. The molecule has 3 N–H and O–H groups in total. The predicted octanol–water partition coefficient (Wildman–Crippen LogP) is 0.891. The van der Waals surface area contributed by atoms with Crippen LogP contribution in [0.1, 0.15) is 5.56 Å². The number of rotatable bonds is 0. The molecule has 0 amide bonds. The Hall–Kier alpha value is -1.60. The average Bonchev–Trinajstić information content (AvgIpc) is 2.02. The van der Waals surface area contributed by atoms with Crippen LogP contribution in [0.5, 0.6) is 0 Å². The third-order valence-electron chi connectivity index (χ3n) is 1.38. The summed E-state index contributed by atoms with van der Waals surface area (Å²) in [5, 5.41) is 8.35. The van der Waals surface area contributed by atoms with Crippen LogP contribution in [0.3, 0.4) is 0 Å². The average molecular weight is 183 g/mol. The normalized spacial score (nSPS) is 9.15. The van der Waals surface area contributed by atoms with Crippen LogP contribution in [0.4, 0.5) is 14.5 Å². The van der Waals surface area contributed by atoms with Crippen molar-refractivity contribution in [3.8, 4) is 11.8 Å². The van der Waals surface area contributed by atoms with E-state index < -0.39 is 18.2 Å². The molecule has 0 saturated heterocycles. The van der Waals surface area contributed by atoms with Gasteiger partial charge in [-0.1, -0.05) is 11.8 Å². The minimum Gasteiger partial charge on any atom is -0.398 e. The second-order valence-corrected chi connectivity index (χ2v) is 2.31. The molecule has 1 aromatic carbocycles. The highest BCUT2D eigenvalue weighted by atomic mass is 19.1. The summed E-state index contributed by atoms with van der Waals surface area (Å²) < 4.78 is 25.4.